The van der Waals surface area contributed by atoms with Gasteiger partial charge in [0.15, 0.2) is 5.58 Å². The fraction of sp³-hybridized carbons (Fsp3) is 0.250. The SMILES string of the molecule is CCCN(Cc1ccc(C#N)cc1)C(=O)Cn1c(=O)oc2ccccc21. The van der Waals surface area contributed by atoms with Gasteiger partial charge in [0.1, 0.15) is 6.54 Å². The van der Waals surface area contributed by atoms with Crippen LogP contribution in [0, 0.1) is 11.3 Å². The van der Waals surface area contributed by atoms with Crippen LogP contribution in [0.5, 0.6) is 0 Å². The van der Waals surface area contributed by atoms with Gasteiger partial charge in [0.25, 0.3) is 0 Å². The number of amides is 1. The highest BCUT2D eigenvalue weighted by Crippen LogP contribution is 2.13. The molecule has 0 aliphatic carbocycles. The summed E-state index contributed by atoms with van der Waals surface area (Å²) >= 11 is 0. The maximum absolute atomic E-state index is 12.8. The van der Waals surface area contributed by atoms with Gasteiger partial charge in [0, 0.05) is 13.1 Å². The molecule has 1 amide bonds. The number of hydrogen-bond acceptors (Lipinski definition) is 4. The van der Waals surface area contributed by atoms with Gasteiger partial charge < -0.3 is 9.32 Å². The molecule has 0 radical (unpaired) electrons. The minimum Gasteiger partial charge on any atom is -0.408 e. The van der Waals surface area contributed by atoms with E-state index in [1.807, 2.05) is 19.1 Å². The van der Waals surface area contributed by atoms with Crippen LogP contribution in [0.15, 0.2) is 57.7 Å². The molecule has 2 aromatic carbocycles. The molecule has 0 atom stereocenters. The number of carbonyl (C=O) groups is 1. The van der Waals surface area contributed by atoms with Gasteiger partial charge in [-0.3, -0.25) is 9.36 Å². The number of nitrogens with zero attached hydrogens (tertiary/aromatic N) is 3. The highest BCUT2D eigenvalue weighted by molar-refractivity contribution is 5.79. The Morgan fingerprint density at radius 3 is 2.62 bits per heavy atom. The van der Waals surface area contributed by atoms with Crippen LogP contribution in [0.1, 0.15) is 24.5 Å². The first-order valence-electron chi connectivity index (χ1n) is 8.47. The number of benzene rings is 2. The van der Waals surface area contributed by atoms with Crippen molar-refractivity contribution in [2.75, 3.05) is 6.54 Å². The summed E-state index contributed by atoms with van der Waals surface area (Å²) in [6, 6.07) is 16.3. The molecule has 0 fully saturated rings. The van der Waals surface area contributed by atoms with Crippen molar-refractivity contribution in [1.82, 2.24) is 9.47 Å². The van der Waals surface area contributed by atoms with Crippen LogP contribution in [-0.4, -0.2) is 21.9 Å². The number of carbonyl (C=O) groups excluding carboxylic acids is 1. The number of aromatic nitrogens is 1. The molecule has 132 valence electrons. The molecule has 0 aliphatic heterocycles. The minimum atomic E-state index is -0.533. The summed E-state index contributed by atoms with van der Waals surface area (Å²) in [4.78, 5) is 26.6. The monoisotopic (exact) mass is 349 g/mol. The Balaban J connectivity index is 1.80. The van der Waals surface area contributed by atoms with Crippen LogP contribution >= 0.6 is 0 Å². The van der Waals surface area contributed by atoms with Gasteiger partial charge in [-0.05, 0) is 36.2 Å². The van der Waals surface area contributed by atoms with Crippen LogP contribution in [-0.2, 0) is 17.9 Å². The second-order valence-corrected chi connectivity index (χ2v) is 6.05. The minimum absolute atomic E-state index is 0.0634. The predicted octanol–water partition coefficient (Wildman–Crippen LogP) is 2.90. The first-order chi connectivity index (χ1) is 12.6. The van der Waals surface area contributed by atoms with Gasteiger partial charge in [-0.2, -0.15) is 5.26 Å². The molecule has 1 aromatic heterocycles. The van der Waals surface area contributed by atoms with Crippen LogP contribution in [0.3, 0.4) is 0 Å². The van der Waals surface area contributed by atoms with Crippen molar-refractivity contribution in [3.63, 3.8) is 0 Å². The second-order valence-electron chi connectivity index (χ2n) is 6.05. The zero-order chi connectivity index (χ0) is 18.5. The van der Waals surface area contributed by atoms with E-state index < -0.39 is 5.76 Å². The Bertz CT molecular complexity index is 1010. The lowest BCUT2D eigenvalue weighted by atomic mass is 10.1. The summed E-state index contributed by atoms with van der Waals surface area (Å²) in [5.74, 6) is -0.681. The molecule has 3 aromatic rings. The third-order valence-electron chi connectivity index (χ3n) is 4.17. The van der Waals surface area contributed by atoms with E-state index >= 15 is 0 Å². The van der Waals surface area contributed by atoms with E-state index in [2.05, 4.69) is 6.07 Å². The zero-order valence-electron chi connectivity index (χ0n) is 14.5. The van der Waals surface area contributed by atoms with Gasteiger partial charge in [-0.25, -0.2) is 4.79 Å². The molecular weight excluding hydrogens is 330 g/mol. The van der Waals surface area contributed by atoms with E-state index in [0.29, 0.717) is 29.8 Å². The Morgan fingerprint density at radius 2 is 1.92 bits per heavy atom. The summed E-state index contributed by atoms with van der Waals surface area (Å²) in [7, 11) is 0. The molecule has 0 aliphatic rings. The maximum atomic E-state index is 12.8. The van der Waals surface area contributed by atoms with Crippen molar-refractivity contribution in [3.8, 4) is 6.07 Å². The first kappa shape index (κ1) is 17.5. The molecule has 1 heterocycles. The topological polar surface area (TPSA) is 79.2 Å². The number of para-hydroxylation sites is 2. The summed E-state index contributed by atoms with van der Waals surface area (Å²) in [6.45, 7) is 2.96. The third kappa shape index (κ3) is 3.67. The van der Waals surface area contributed by atoms with Crippen LogP contribution in [0.2, 0.25) is 0 Å². The molecule has 0 unspecified atom stereocenters. The quantitative estimate of drug-likeness (QED) is 0.685. The summed E-state index contributed by atoms with van der Waals surface area (Å²) < 4.78 is 6.55. The number of nitriles is 1. The Kier molecular flexibility index (Phi) is 5.18. The smallest absolute Gasteiger partial charge is 0.408 e. The molecule has 0 saturated carbocycles. The molecule has 0 bridgehead atoms. The van der Waals surface area contributed by atoms with Crippen LogP contribution in [0.25, 0.3) is 11.1 Å². The number of fused-ring (bicyclic) bond motifs is 1. The number of oxazole rings is 1. The summed E-state index contributed by atoms with van der Waals surface area (Å²) in [6.07, 6.45) is 0.809. The van der Waals surface area contributed by atoms with Gasteiger partial charge in [0.2, 0.25) is 5.91 Å². The Morgan fingerprint density at radius 1 is 1.19 bits per heavy atom. The highest BCUT2D eigenvalue weighted by Gasteiger charge is 2.17. The van der Waals surface area contributed by atoms with Crippen molar-refractivity contribution in [1.29, 1.82) is 5.26 Å². The van der Waals surface area contributed by atoms with Crippen LogP contribution in [0.4, 0.5) is 0 Å². The molecule has 26 heavy (non-hydrogen) atoms. The first-order valence-corrected chi connectivity index (χ1v) is 8.47. The fourth-order valence-corrected chi connectivity index (χ4v) is 2.87. The lowest BCUT2D eigenvalue weighted by Gasteiger charge is -2.22. The Hall–Kier alpha value is -3.33. The number of hydrogen-bond donors (Lipinski definition) is 0. The van der Waals surface area contributed by atoms with E-state index in [1.165, 1.54) is 4.57 Å². The van der Waals surface area contributed by atoms with E-state index in [9.17, 15) is 9.59 Å². The van der Waals surface area contributed by atoms with Crippen molar-refractivity contribution in [3.05, 3.63) is 70.2 Å². The van der Waals surface area contributed by atoms with E-state index in [4.69, 9.17) is 9.68 Å². The summed E-state index contributed by atoms with van der Waals surface area (Å²) in [5.41, 5.74) is 2.61. The standard InChI is InChI=1S/C20H19N3O3/c1-2-11-22(13-16-9-7-15(12-21)8-10-16)19(24)14-23-17-5-3-4-6-18(17)26-20(23)25/h3-10H,2,11,13-14H2,1H3. The van der Waals surface area contributed by atoms with Gasteiger partial charge in [-0.1, -0.05) is 31.2 Å². The van der Waals surface area contributed by atoms with Gasteiger partial charge in [-0.15, -0.1) is 0 Å². The number of rotatable bonds is 6. The van der Waals surface area contributed by atoms with Crippen molar-refractivity contribution in [2.45, 2.75) is 26.4 Å². The van der Waals surface area contributed by atoms with E-state index in [1.54, 1.807) is 41.3 Å². The molecule has 0 saturated heterocycles. The normalized spacial score (nSPS) is 10.6. The molecule has 3 rings (SSSR count). The molecule has 0 N–H and O–H groups in total. The molecular formula is C20H19N3O3. The molecule has 0 spiro atoms. The summed E-state index contributed by atoms with van der Waals surface area (Å²) in [5, 5.41) is 8.88. The van der Waals surface area contributed by atoms with E-state index in [-0.39, 0.29) is 12.5 Å². The van der Waals surface area contributed by atoms with Crippen molar-refractivity contribution < 1.29 is 9.21 Å². The third-order valence-corrected chi connectivity index (χ3v) is 4.17. The maximum Gasteiger partial charge on any atom is 0.420 e. The highest BCUT2D eigenvalue weighted by atomic mass is 16.4. The predicted molar refractivity (Wildman–Crippen MR) is 97.3 cm³/mol. The Labute approximate surface area is 150 Å². The second kappa shape index (κ2) is 7.70. The van der Waals surface area contributed by atoms with Gasteiger partial charge in [0.05, 0.1) is 17.1 Å². The van der Waals surface area contributed by atoms with Crippen molar-refractivity contribution >= 4 is 17.0 Å². The van der Waals surface area contributed by atoms with Crippen LogP contribution < -0.4 is 5.76 Å². The average Bonchev–Trinajstić information content (AvgIpc) is 2.97. The molecule has 6 heteroatoms. The fourth-order valence-electron chi connectivity index (χ4n) is 2.87. The zero-order valence-corrected chi connectivity index (χ0v) is 14.5. The largest absolute Gasteiger partial charge is 0.420 e. The lowest BCUT2D eigenvalue weighted by Crippen LogP contribution is -2.35. The van der Waals surface area contributed by atoms with Crippen molar-refractivity contribution in [2.24, 2.45) is 0 Å². The van der Waals surface area contributed by atoms with Gasteiger partial charge >= 0.3 is 5.76 Å². The lowest BCUT2D eigenvalue weighted by molar-refractivity contribution is -0.132. The average molecular weight is 349 g/mol. The molecule has 6 nitrogen and oxygen atoms in total. The van der Waals surface area contributed by atoms with E-state index in [0.717, 1.165) is 12.0 Å².